The van der Waals surface area contributed by atoms with Crippen LogP contribution in [-0.4, -0.2) is 0 Å². The summed E-state index contributed by atoms with van der Waals surface area (Å²) < 4.78 is 13.7. The first kappa shape index (κ1) is 24.3. The summed E-state index contributed by atoms with van der Waals surface area (Å²) in [5.74, 6) is 0.276. The van der Waals surface area contributed by atoms with E-state index in [1.54, 1.807) is 0 Å². The predicted molar refractivity (Wildman–Crippen MR) is 169 cm³/mol. The molecule has 7 aromatic carbocycles. The monoisotopic (exact) mass is 516 g/mol. The topological polar surface area (TPSA) is 0 Å². The van der Waals surface area contributed by atoms with Crippen LogP contribution in [0.3, 0.4) is 0 Å². The summed E-state index contributed by atoms with van der Waals surface area (Å²) in [6.45, 7) is 4.47. The second kappa shape index (κ2) is 9.77. The van der Waals surface area contributed by atoms with Gasteiger partial charge in [0.15, 0.2) is 0 Å². The summed E-state index contributed by atoms with van der Waals surface area (Å²) in [5, 5.41) is 7.33. The summed E-state index contributed by atoms with van der Waals surface area (Å²) in [7, 11) is 0. The Hall–Kier alpha value is -4.75. The predicted octanol–water partition coefficient (Wildman–Crippen LogP) is 11.4. The summed E-state index contributed by atoms with van der Waals surface area (Å²) in [6, 6.07) is 46.5. The molecule has 0 saturated carbocycles. The van der Waals surface area contributed by atoms with E-state index in [1.165, 1.54) is 66.9 Å². The number of hydrogen-bond donors (Lipinski definition) is 0. The molecule has 192 valence electrons. The second-order valence-electron chi connectivity index (χ2n) is 10.8. The van der Waals surface area contributed by atoms with Gasteiger partial charge in [0.05, 0.1) is 0 Å². The fourth-order valence-electron chi connectivity index (χ4n) is 6.16. The maximum absolute atomic E-state index is 13.7. The van der Waals surface area contributed by atoms with E-state index >= 15 is 0 Å². The van der Waals surface area contributed by atoms with Crippen LogP contribution in [0, 0.1) is 5.82 Å². The molecule has 0 N–H and O–H groups in total. The zero-order valence-corrected chi connectivity index (χ0v) is 22.7. The van der Waals surface area contributed by atoms with Crippen LogP contribution in [0.1, 0.15) is 25.3 Å². The first-order valence-corrected chi connectivity index (χ1v) is 13.9. The van der Waals surface area contributed by atoms with Crippen LogP contribution in [0.2, 0.25) is 0 Å². The number of halogens is 1. The lowest BCUT2D eigenvalue weighted by Gasteiger charge is -2.20. The zero-order valence-electron chi connectivity index (χ0n) is 22.7. The van der Waals surface area contributed by atoms with Gasteiger partial charge in [0.1, 0.15) is 5.82 Å². The highest BCUT2D eigenvalue weighted by molar-refractivity contribution is 6.24. The Balaban J connectivity index is 1.55. The van der Waals surface area contributed by atoms with Crippen LogP contribution in [-0.2, 0) is 0 Å². The first-order chi connectivity index (χ1) is 19.6. The standard InChI is InChI=1S/C39H29F/c1-25(2)26-15-17-28(18-16-26)38-33-11-5-7-13-35(33)39(36-14-8-6-12-34(36)38)37-24-23-30(27-19-21-29(40)22-20-27)31-9-3-4-10-32(31)37/h3-25H,1-2H3. The molecule has 0 aliphatic heterocycles. The molecule has 0 nitrogen and oxygen atoms in total. The number of hydrogen-bond acceptors (Lipinski definition) is 0. The third-order valence-corrected chi connectivity index (χ3v) is 8.15. The van der Waals surface area contributed by atoms with Crippen molar-refractivity contribution in [3.05, 3.63) is 145 Å². The van der Waals surface area contributed by atoms with Gasteiger partial charge in [-0.3, -0.25) is 0 Å². The fraction of sp³-hybridized carbons (Fsp3) is 0.0769. The van der Waals surface area contributed by atoms with E-state index in [0.29, 0.717) is 5.92 Å². The Labute approximate surface area is 234 Å². The molecule has 0 aliphatic carbocycles. The summed E-state index contributed by atoms with van der Waals surface area (Å²) in [4.78, 5) is 0. The lowest BCUT2D eigenvalue weighted by Crippen LogP contribution is -1.93. The molecule has 7 aromatic rings. The molecule has 0 bridgehead atoms. The van der Waals surface area contributed by atoms with Crippen molar-refractivity contribution >= 4 is 32.3 Å². The molecular formula is C39H29F. The maximum Gasteiger partial charge on any atom is 0.123 e. The highest BCUT2D eigenvalue weighted by Gasteiger charge is 2.19. The third-order valence-electron chi connectivity index (χ3n) is 8.15. The van der Waals surface area contributed by atoms with Gasteiger partial charge in [-0.2, -0.15) is 0 Å². The molecular weight excluding hydrogens is 487 g/mol. The number of benzene rings is 7. The van der Waals surface area contributed by atoms with Crippen molar-refractivity contribution in [1.82, 2.24) is 0 Å². The summed E-state index contributed by atoms with van der Waals surface area (Å²) >= 11 is 0. The van der Waals surface area contributed by atoms with Crippen LogP contribution in [0.15, 0.2) is 133 Å². The number of fused-ring (bicyclic) bond motifs is 3. The minimum atomic E-state index is -0.221. The van der Waals surface area contributed by atoms with Crippen molar-refractivity contribution in [3.63, 3.8) is 0 Å². The Bertz CT molecular complexity index is 1960. The smallest absolute Gasteiger partial charge is 0.123 e. The van der Waals surface area contributed by atoms with E-state index in [-0.39, 0.29) is 5.82 Å². The Morgan fingerprint density at radius 2 is 0.825 bits per heavy atom. The highest BCUT2D eigenvalue weighted by Crippen LogP contribution is 2.46. The van der Waals surface area contributed by atoms with E-state index in [2.05, 4.69) is 123 Å². The molecule has 0 radical (unpaired) electrons. The van der Waals surface area contributed by atoms with Gasteiger partial charge in [-0.1, -0.05) is 135 Å². The summed E-state index contributed by atoms with van der Waals surface area (Å²) in [6.07, 6.45) is 0. The highest BCUT2D eigenvalue weighted by atomic mass is 19.1. The largest absolute Gasteiger partial charge is 0.207 e. The summed E-state index contributed by atoms with van der Waals surface area (Å²) in [5.41, 5.74) is 8.43. The average molecular weight is 517 g/mol. The number of rotatable bonds is 4. The lowest BCUT2D eigenvalue weighted by atomic mass is 9.83. The average Bonchev–Trinajstić information content (AvgIpc) is 3.00. The van der Waals surface area contributed by atoms with E-state index in [0.717, 1.165) is 16.5 Å². The first-order valence-electron chi connectivity index (χ1n) is 13.9. The molecule has 0 aromatic heterocycles. The van der Waals surface area contributed by atoms with Gasteiger partial charge in [-0.05, 0) is 89.3 Å². The molecule has 0 amide bonds. The Morgan fingerprint density at radius 1 is 0.400 bits per heavy atom. The fourth-order valence-corrected chi connectivity index (χ4v) is 6.16. The van der Waals surface area contributed by atoms with Gasteiger partial charge in [-0.15, -0.1) is 0 Å². The van der Waals surface area contributed by atoms with Gasteiger partial charge < -0.3 is 0 Å². The van der Waals surface area contributed by atoms with Crippen LogP contribution in [0.4, 0.5) is 4.39 Å². The van der Waals surface area contributed by atoms with Gasteiger partial charge in [-0.25, -0.2) is 4.39 Å². The van der Waals surface area contributed by atoms with Crippen molar-refractivity contribution < 1.29 is 4.39 Å². The molecule has 7 rings (SSSR count). The molecule has 0 spiro atoms. The SMILES string of the molecule is CC(C)c1ccc(-c2c3ccccc3c(-c3ccc(-c4ccc(F)cc4)c4ccccc34)c3ccccc23)cc1. The van der Waals surface area contributed by atoms with Gasteiger partial charge in [0.25, 0.3) is 0 Å². The minimum Gasteiger partial charge on any atom is -0.207 e. The van der Waals surface area contributed by atoms with Gasteiger partial charge in [0.2, 0.25) is 0 Å². The normalized spacial score (nSPS) is 11.6. The minimum absolute atomic E-state index is 0.221. The van der Waals surface area contributed by atoms with Crippen molar-refractivity contribution in [1.29, 1.82) is 0 Å². The molecule has 0 saturated heterocycles. The molecule has 0 atom stereocenters. The molecule has 0 unspecified atom stereocenters. The molecule has 0 heterocycles. The Kier molecular flexibility index (Phi) is 5.94. The van der Waals surface area contributed by atoms with Crippen LogP contribution in [0.25, 0.3) is 65.7 Å². The van der Waals surface area contributed by atoms with Crippen molar-refractivity contribution in [2.75, 3.05) is 0 Å². The van der Waals surface area contributed by atoms with Gasteiger partial charge >= 0.3 is 0 Å². The molecule has 1 heteroatoms. The van der Waals surface area contributed by atoms with E-state index in [4.69, 9.17) is 0 Å². The molecule has 0 aliphatic rings. The second-order valence-corrected chi connectivity index (χ2v) is 10.8. The zero-order chi connectivity index (χ0) is 27.2. The maximum atomic E-state index is 13.7. The van der Waals surface area contributed by atoms with Crippen LogP contribution >= 0.6 is 0 Å². The molecule has 0 fully saturated rings. The Morgan fingerprint density at radius 3 is 1.35 bits per heavy atom. The van der Waals surface area contributed by atoms with Gasteiger partial charge in [0, 0.05) is 0 Å². The van der Waals surface area contributed by atoms with Crippen LogP contribution < -0.4 is 0 Å². The van der Waals surface area contributed by atoms with Crippen molar-refractivity contribution in [2.45, 2.75) is 19.8 Å². The van der Waals surface area contributed by atoms with Crippen LogP contribution in [0.5, 0.6) is 0 Å². The van der Waals surface area contributed by atoms with E-state index in [1.807, 2.05) is 12.1 Å². The lowest BCUT2D eigenvalue weighted by molar-refractivity contribution is 0.628. The third kappa shape index (κ3) is 3.98. The quantitative estimate of drug-likeness (QED) is 0.204. The van der Waals surface area contributed by atoms with E-state index < -0.39 is 0 Å². The van der Waals surface area contributed by atoms with E-state index in [9.17, 15) is 4.39 Å². The van der Waals surface area contributed by atoms with Crippen molar-refractivity contribution in [3.8, 4) is 33.4 Å². The molecule has 40 heavy (non-hydrogen) atoms. The van der Waals surface area contributed by atoms with Crippen molar-refractivity contribution in [2.24, 2.45) is 0 Å².